The number of anilines is 3. The molecular formula is C18H19ClFN7O. The highest BCUT2D eigenvalue weighted by molar-refractivity contribution is 6.31. The highest BCUT2D eigenvalue weighted by Crippen LogP contribution is 2.25. The van der Waals surface area contributed by atoms with Gasteiger partial charge in [-0.2, -0.15) is 4.98 Å². The summed E-state index contributed by atoms with van der Waals surface area (Å²) in [6, 6.07) is 4.46. The Kier molecular flexibility index (Phi) is 5.10. The molecule has 1 aliphatic rings. The zero-order valence-electron chi connectivity index (χ0n) is 15.2. The highest BCUT2D eigenvalue weighted by Gasteiger charge is 2.18. The molecule has 1 saturated heterocycles. The molecule has 1 fully saturated rings. The topological polar surface area (TPSA) is 98.8 Å². The molecule has 8 nitrogen and oxygen atoms in total. The van der Waals surface area contributed by atoms with E-state index in [0.29, 0.717) is 22.7 Å². The summed E-state index contributed by atoms with van der Waals surface area (Å²) in [7, 11) is 2.10. The summed E-state index contributed by atoms with van der Waals surface area (Å²) < 4.78 is 13.4. The van der Waals surface area contributed by atoms with E-state index >= 15 is 0 Å². The van der Waals surface area contributed by atoms with Gasteiger partial charge in [-0.3, -0.25) is 0 Å². The van der Waals surface area contributed by atoms with Gasteiger partial charge in [0.15, 0.2) is 5.82 Å². The summed E-state index contributed by atoms with van der Waals surface area (Å²) in [6.45, 7) is 2.02. The predicted octanol–water partition coefficient (Wildman–Crippen LogP) is 2.76. The molecule has 0 aliphatic carbocycles. The van der Waals surface area contributed by atoms with Crippen LogP contribution in [-0.4, -0.2) is 51.0 Å². The number of likely N-dealkylation sites (tertiary alicyclic amines) is 1. The second-order valence-corrected chi connectivity index (χ2v) is 7.23. The van der Waals surface area contributed by atoms with Crippen LogP contribution in [0.5, 0.6) is 0 Å². The van der Waals surface area contributed by atoms with Crippen molar-refractivity contribution in [2.24, 2.45) is 0 Å². The number of hydrogen-bond acceptors (Lipinski definition) is 7. The monoisotopic (exact) mass is 403 g/mol. The number of piperidine rings is 1. The van der Waals surface area contributed by atoms with E-state index in [1.807, 2.05) is 0 Å². The molecule has 10 heteroatoms. The van der Waals surface area contributed by atoms with E-state index in [1.165, 1.54) is 18.2 Å². The molecular weight excluding hydrogens is 385 g/mol. The molecule has 0 amide bonds. The van der Waals surface area contributed by atoms with Gasteiger partial charge in [0.1, 0.15) is 11.3 Å². The first-order chi connectivity index (χ1) is 13.5. The van der Waals surface area contributed by atoms with Gasteiger partial charge in [-0.25, -0.2) is 19.2 Å². The number of rotatable bonds is 4. The Balaban J connectivity index is 1.65. The van der Waals surface area contributed by atoms with Crippen LogP contribution in [0.4, 0.5) is 21.8 Å². The number of H-pyrrole nitrogens is 1. The Morgan fingerprint density at radius 1 is 1.29 bits per heavy atom. The molecule has 28 heavy (non-hydrogen) atoms. The van der Waals surface area contributed by atoms with Gasteiger partial charge in [-0.15, -0.1) is 0 Å². The maximum atomic E-state index is 13.4. The number of nitrogens with zero attached hydrogens (tertiary/aromatic N) is 4. The number of aromatic nitrogens is 4. The average Bonchev–Trinajstić information content (AvgIpc) is 2.67. The van der Waals surface area contributed by atoms with Crippen molar-refractivity contribution in [2.75, 3.05) is 30.8 Å². The van der Waals surface area contributed by atoms with E-state index < -0.39 is 11.5 Å². The fraction of sp³-hybridized carbons (Fsp3) is 0.333. The molecule has 3 N–H and O–H groups in total. The standard InChI is InChI=1S/C18H19ClFN7O/c1-27-6-4-10(5-7-27)23-17-21-9-14-15(25-17)16(26-18(28)24-14)22-11-2-3-13(20)12(19)8-11/h2-3,8-10H,4-7H2,1H3,(H,21,23,25)(H2,22,24,26,28). The lowest BCUT2D eigenvalue weighted by molar-refractivity contribution is 0.263. The van der Waals surface area contributed by atoms with Gasteiger partial charge < -0.3 is 20.5 Å². The van der Waals surface area contributed by atoms with Gasteiger partial charge in [0.25, 0.3) is 0 Å². The molecule has 0 radical (unpaired) electrons. The normalized spacial score (nSPS) is 15.7. The van der Waals surface area contributed by atoms with Crippen molar-refractivity contribution in [3.63, 3.8) is 0 Å². The fourth-order valence-electron chi connectivity index (χ4n) is 3.15. The number of benzene rings is 1. The van der Waals surface area contributed by atoms with E-state index in [4.69, 9.17) is 11.6 Å². The SMILES string of the molecule is CN1CCC(Nc2ncc3[nH]c(=O)nc(Nc4ccc(F)c(Cl)c4)c3n2)CC1. The lowest BCUT2D eigenvalue weighted by Gasteiger charge is -2.29. The van der Waals surface area contributed by atoms with Crippen LogP contribution in [-0.2, 0) is 0 Å². The molecule has 3 aromatic rings. The second kappa shape index (κ2) is 7.69. The number of fused-ring (bicyclic) bond motifs is 1. The van der Waals surface area contributed by atoms with E-state index in [9.17, 15) is 9.18 Å². The molecule has 2 aromatic heterocycles. The first-order valence-corrected chi connectivity index (χ1v) is 9.30. The molecule has 146 valence electrons. The summed E-state index contributed by atoms with van der Waals surface area (Å²) in [5.74, 6) is 0.189. The minimum atomic E-state index is -0.539. The zero-order valence-corrected chi connectivity index (χ0v) is 15.9. The van der Waals surface area contributed by atoms with E-state index in [-0.39, 0.29) is 16.9 Å². The predicted molar refractivity (Wildman–Crippen MR) is 107 cm³/mol. The highest BCUT2D eigenvalue weighted by atomic mass is 35.5. The van der Waals surface area contributed by atoms with Crippen molar-refractivity contribution >= 4 is 40.1 Å². The van der Waals surface area contributed by atoms with Crippen molar-refractivity contribution in [1.29, 1.82) is 0 Å². The molecule has 0 saturated carbocycles. The van der Waals surface area contributed by atoms with Gasteiger partial charge >= 0.3 is 5.69 Å². The Bertz CT molecular complexity index is 1070. The number of halogens is 2. The fourth-order valence-corrected chi connectivity index (χ4v) is 3.33. The van der Waals surface area contributed by atoms with Crippen molar-refractivity contribution in [3.05, 3.63) is 45.7 Å². The van der Waals surface area contributed by atoms with Gasteiger partial charge in [0, 0.05) is 11.7 Å². The first-order valence-electron chi connectivity index (χ1n) is 8.92. The van der Waals surface area contributed by atoms with Crippen LogP contribution in [0.2, 0.25) is 5.02 Å². The van der Waals surface area contributed by atoms with Gasteiger partial charge in [-0.1, -0.05) is 11.6 Å². The minimum Gasteiger partial charge on any atom is -0.351 e. The van der Waals surface area contributed by atoms with Crippen molar-refractivity contribution in [3.8, 4) is 0 Å². The molecule has 0 atom stereocenters. The van der Waals surface area contributed by atoms with Crippen LogP contribution < -0.4 is 16.3 Å². The molecule has 0 unspecified atom stereocenters. The largest absolute Gasteiger partial charge is 0.351 e. The van der Waals surface area contributed by atoms with Crippen LogP contribution >= 0.6 is 11.6 Å². The van der Waals surface area contributed by atoms with E-state index in [0.717, 1.165) is 25.9 Å². The average molecular weight is 404 g/mol. The van der Waals surface area contributed by atoms with Gasteiger partial charge in [0.2, 0.25) is 5.95 Å². The van der Waals surface area contributed by atoms with Crippen molar-refractivity contribution in [2.45, 2.75) is 18.9 Å². The smallest absolute Gasteiger partial charge is 0.347 e. The maximum Gasteiger partial charge on any atom is 0.347 e. The Morgan fingerprint density at radius 3 is 2.82 bits per heavy atom. The summed E-state index contributed by atoms with van der Waals surface area (Å²) in [6.07, 6.45) is 3.55. The lowest BCUT2D eigenvalue weighted by atomic mass is 10.1. The van der Waals surface area contributed by atoms with Crippen LogP contribution in [0.15, 0.2) is 29.2 Å². The summed E-state index contributed by atoms with van der Waals surface area (Å²) in [4.78, 5) is 29.6. The number of aromatic amines is 1. The van der Waals surface area contributed by atoms with Gasteiger partial charge in [0.05, 0.1) is 16.7 Å². The zero-order chi connectivity index (χ0) is 19.7. The molecule has 4 rings (SSSR count). The summed E-state index contributed by atoms with van der Waals surface area (Å²) >= 11 is 5.83. The lowest BCUT2D eigenvalue weighted by Crippen LogP contribution is -2.37. The molecule has 1 aromatic carbocycles. The first kappa shape index (κ1) is 18.6. The van der Waals surface area contributed by atoms with Gasteiger partial charge in [-0.05, 0) is 51.2 Å². The van der Waals surface area contributed by atoms with E-state index in [1.54, 1.807) is 6.20 Å². The molecule has 3 heterocycles. The van der Waals surface area contributed by atoms with Crippen molar-refractivity contribution < 1.29 is 4.39 Å². The molecule has 0 spiro atoms. The van der Waals surface area contributed by atoms with E-state index in [2.05, 4.69) is 42.5 Å². The number of hydrogen-bond donors (Lipinski definition) is 3. The Labute approximate surface area is 165 Å². The van der Waals surface area contributed by atoms with Crippen LogP contribution in [0.25, 0.3) is 11.0 Å². The van der Waals surface area contributed by atoms with Crippen LogP contribution in [0.3, 0.4) is 0 Å². The van der Waals surface area contributed by atoms with Crippen LogP contribution in [0.1, 0.15) is 12.8 Å². The third-order valence-electron chi connectivity index (χ3n) is 4.70. The Hall–Kier alpha value is -2.78. The third kappa shape index (κ3) is 4.05. The summed E-state index contributed by atoms with van der Waals surface area (Å²) in [5.41, 5.74) is 0.854. The third-order valence-corrected chi connectivity index (χ3v) is 4.99. The number of nitrogens with one attached hydrogen (secondary N) is 3. The van der Waals surface area contributed by atoms with Crippen LogP contribution in [0, 0.1) is 5.82 Å². The van der Waals surface area contributed by atoms with Crippen molar-refractivity contribution in [1.82, 2.24) is 24.8 Å². The minimum absolute atomic E-state index is 0.0293. The second-order valence-electron chi connectivity index (χ2n) is 6.82. The maximum absolute atomic E-state index is 13.4. The molecule has 0 bridgehead atoms. The quantitative estimate of drug-likeness (QED) is 0.616. The Morgan fingerprint density at radius 2 is 2.07 bits per heavy atom. The molecule has 1 aliphatic heterocycles. The summed E-state index contributed by atoms with van der Waals surface area (Å²) in [5, 5.41) is 6.30.